The van der Waals surface area contributed by atoms with Crippen LogP contribution in [0.25, 0.3) is 6.08 Å². The molecule has 2 aromatic rings. The maximum absolute atomic E-state index is 12.5. The number of phenols is 2. The Morgan fingerprint density at radius 2 is 1.75 bits per heavy atom. The van der Waals surface area contributed by atoms with Gasteiger partial charge in [-0.3, -0.25) is 9.59 Å². The van der Waals surface area contributed by atoms with Gasteiger partial charge in [0.05, 0.1) is 17.7 Å². The molecule has 1 aliphatic rings. The zero-order valence-corrected chi connectivity index (χ0v) is 13.4. The van der Waals surface area contributed by atoms with Crippen LogP contribution in [-0.2, 0) is 4.79 Å². The van der Waals surface area contributed by atoms with E-state index in [9.17, 15) is 19.8 Å². The lowest BCUT2D eigenvalue weighted by atomic mass is 10.2. The van der Waals surface area contributed by atoms with Crippen molar-refractivity contribution in [3.05, 3.63) is 52.9 Å². The van der Waals surface area contributed by atoms with E-state index in [-0.39, 0.29) is 16.4 Å². The first-order valence-corrected chi connectivity index (χ1v) is 7.75. The number of carbonyl (C=O) groups is 2. The summed E-state index contributed by atoms with van der Waals surface area (Å²) < 4.78 is 5.06. The highest BCUT2D eigenvalue weighted by Gasteiger charge is 2.36. The van der Waals surface area contributed by atoms with E-state index in [0.717, 1.165) is 16.7 Å². The molecule has 0 aromatic heterocycles. The van der Waals surface area contributed by atoms with Gasteiger partial charge in [0, 0.05) is 0 Å². The molecule has 1 heterocycles. The molecule has 24 heavy (non-hydrogen) atoms. The highest BCUT2D eigenvalue weighted by Crippen LogP contribution is 2.37. The van der Waals surface area contributed by atoms with Crippen molar-refractivity contribution in [2.45, 2.75) is 0 Å². The van der Waals surface area contributed by atoms with Crippen LogP contribution in [0.15, 0.2) is 47.4 Å². The predicted octanol–water partition coefficient (Wildman–Crippen LogP) is 3.35. The monoisotopic (exact) mass is 343 g/mol. The zero-order valence-electron chi connectivity index (χ0n) is 12.6. The average molecular weight is 343 g/mol. The first-order valence-electron chi connectivity index (χ1n) is 6.93. The van der Waals surface area contributed by atoms with E-state index in [4.69, 9.17) is 4.74 Å². The second-order valence-electron chi connectivity index (χ2n) is 4.96. The van der Waals surface area contributed by atoms with Gasteiger partial charge in [0.1, 0.15) is 5.75 Å². The number of thioether (sulfide) groups is 1. The van der Waals surface area contributed by atoms with Gasteiger partial charge in [0.15, 0.2) is 11.5 Å². The van der Waals surface area contributed by atoms with Gasteiger partial charge >= 0.3 is 0 Å². The molecule has 3 rings (SSSR count). The van der Waals surface area contributed by atoms with Gasteiger partial charge in [0.2, 0.25) is 0 Å². The first-order chi connectivity index (χ1) is 11.5. The summed E-state index contributed by atoms with van der Waals surface area (Å²) >= 11 is 0.815. The maximum Gasteiger partial charge on any atom is 0.298 e. The molecule has 0 saturated carbocycles. The summed E-state index contributed by atoms with van der Waals surface area (Å²) in [4.78, 5) is 26.0. The Kier molecular flexibility index (Phi) is 4.18. The summed E-state index contributed by atoms with van der Waals surface area (Å²) in [6.45, 7) is 0. The number of phenolic OH excluding ortho intramolecular Hbond substituents is 2. The molecule has 1 fully saturated rings. The van der Waals surface area contributed by atoms with Crippen molar-refractivity contribution in [3.63, 3.8) is 0 Å². The van der Waals surface area contributed by atoms with Crippen molar-refractivity contribution in [1.82, 2.24) is 0 Å². The van der Waals surface area contributed by atoms with Crippen LogP contribution >= 0.6 is 11.8 Å². The molecule has 2 N–H and O–H groups in total. The number of nitrogens with zero attached hydrogens (tertiary/aromatic N) is 1. The van der Waals surface area contributed by atoms with E-state index >= 15 is 0 Å². The summed E-state index contributed by atoms with van der Waals surface area (Å²) in [6, 6.07) is 10.8. The average Bonchev–Trinajstić information content (AvgIpc) is 2.85. The fourth-order valence-corrected chi connectivity index (χ4v) is 3.04. The van der Waals surface area contributed by atoms with Gasteiger partial charge in [0.25, 0.3) is 11.1 Å². The lowest BCUT2D eigenvalue weighted by Crippen LogP contribution is -2.27. The molecule has 2 aromatic carbocycles. The topological polar surface area (TPSA) is 87.1 Å². The van der Waals surface area contributed by atoms with Crippen molar-refractivity contribution < 1.29 is 24.5 Å². The molecule has 0 unspecified atom stereocenters. The fourth-order valence-electron chi connectivity index (χ4n) is 2.20. The SMILES string of the molecule is COc1ccc(N2C(=O)S/C(=C\c3ccc(O)c(O)c3)C2=O)cc1. The number of anilines is 1. The van der Waals surface area contributed by atoms with Crippen LogP contribution in [-0.4, -0.2) is 28.5 Å². The van der Waals surface area contributed by atoms with Crippen LogP contribution < -0.4 is 9.64 Å². The lowest BCUT2D eigenvalue weighted by molar-refractivity contribution is -0.113. The number of rotatable bonds is 3. The lowest BCUT2D eigenvalue weighted by Gasteiger charge is -2.12. The number of hydrogen-bond donors (Lipinski definition) is 2. The Morgan fingerprint density at radius 1 is 1.04 bits per heavy atom. The molecule has 0 spiro atoms. The molecule has 1 saturated heterocycles. The third-order valence-corrected chi connectivity index (χ3v) is 4.29. The van der Waals surface area contributed by atoms with Crippen molar-refractivity contribution in [2.75, 3.05) is 12.0 Å². The maximum atomic E-state index is 12.5. The number of aromatic hydroxyl groups is 2. The van der Waals surface area contributed by atoms with Crippen LogP contribution in [0.5, 0.6) is 17.2 Å². The smallest absolute Gasteiger partial charge is 0.298 e. The minimum absolute atomic E-state index is 0.237. The Balaban J connectivity index is 1.90. The van der Waals surface area contributed by atoms with Crippen LogP contribution in [0.1, 0.15) is 5.56 Å². The third-order valence-electron chi connectivity index (χ3n) is 3.42. The zero-order chi connectivity index (χ0) is 17.3. The van der Waals surface area contributed by atoms with Gasteiger partial charge < -0.3 is 14.9 Å². The number of amides is 2. The molecular weight excluding hydrogens is 330 g/mol. The summed E-state index contributed by atoms with van der Waals surface area (Å²) in [6.07, 6.45) is 1.49. The molecule has 6 nitrogen and oxygen atoms in total. The largest absolute Gasteiger partial charge is 0.504 e. The summed E-state index contributed by atoms with van der Waals surface area (Å²) in [5.74, 6) is -0.361. The van der Waals surface area contributed by atoms with Crippen molar-refractivity contribution >= 4 is 34.7 Å². The van der Waals surface area contributed by atoms with Crippen LogP contribution in [0.2, 0.25) is 0 Å². The highest BCUT2D eigenvalue weighted by atomic mass is 32.2. The third kappa shape index (κ3) is 2.93. The van der Waals surface area contributed by atoms with E-state index in [1.54, 1.807) is 24.3 Å². The Hall–Kier alpha value is -2.93. The van der Waals surface area contributed by atoms with Gasteiger partial charge in [-0.15, -0.1) is 0 Å². The minimum Gasteiger partial charge on any atom is -0.504 e. The summed E-state index contributed by atoms with van der Waals surface area (Å²) in [5.41, 5.74) is 0.959. The number of methoxy groups -OCH3 is 1. The van der Waals surface area contributed by atoms with Crippen molar-refractivity contribution in [3.8, 4) is 17.2 Å². The number of carbonyl (C=O) groups excluding carboxylic acids is 2. The van der Waals surface area contributed by atoms with Gasteiger partial charge in [-0.2, -0.15) is 0 Å². The highest BCUT2D eigenvalue weighted by molar-refractivity contribution is 8.19. The molecule has 0 atom stereocenters. The molecule has 0 bridgehead atoms. The quantitative estimate of drug-likeness (QED) is 0.656. The van der Waals surface area contributed by atoms with Gasteiger partial charge in [-0.1, -0.05) is 6.07 Å². The van der Waals surface area contributed by atoms with E-state index < -0.39 is 11.1 Å². The molecular formula is C17H13NO5S. The molecule has 1 aliphatic heterocycles. The van der Waals surface area contributed by atoms with E-state index in [1.807, 2.05) is 0 Å². The van der Waals surface area contributed by atoms with E-state index in [1.165, 1.54) is 31.4 Å². The number of hydrogen-bond acceptors (Lipinski definition) is 6. The fraction of sp³-hybridized carbons (Fsp3) is 0.0588. The van der Waals surface area contributed by atoms with Crippen molar-refractivity contribution in [2.24, 2.45) is 0 Å². The number of benzene rings is 2. The summed E-state index contributed by atoms with van der Waals surface area (Å²) in [5, 5.41) is 18.4. The molecule has 0 aliphatic carbocycles. The van der Waals surface area contributed by atoms with Gasteiger partial charge in [-0.25, -0.2) is 4.90 Å². The Labute approximate surface area is 142 Å². The molecule has 0 radical (unpaired) electrons. The van der Waals surface area contributed by atoms with Crippen LogP contribution in [0.4, 0.5) is 10.5 Å². The Morgan fingerprint density at radius 3 is 2.38 bits per heavy atom. The second kappa shape index (κ2) is 6.29. The van der Waals surface area contributed by atoms with Gasteiger partial charge in [-0.05, 0) is 59.8 Å². The second-order valence-corrected chi connectivity index (χ2v) is 5.96. The predicted molar refractivity (Wildman–Crippen MR) is 91.2 cm³/mol. The van der Waals surface area contributed by atoms with E-state index in [2.05, 4.69) is 0 Å². The molecule has 7 heteroatoms. The summed E-state index contributed by atoms with van der Waals surface area (Å²) in [7, 11) is 1.53. The normalized spacial score (nSPS) is 16.0. The number of imide groups is 1. The van der Waals surface area contributed by atoms with Crippen LogP contribution in [0.3, 0.4) is 0 Å². The molecule has 2 amide bonds. The standard InChI is InChI=1S/C17H13NO5S/c1-23-12-5-3-11(4-6-12)18-16(21)15(24-17(18)22)9-10-2-7-13(19)14(20)8-10/h2-9,19-20H,1H3/b15-9-. The first kappa shape index (κ1) is 15.9. The number of ether oxygens (including phenoxy) is 1. The minimum atomic E-state index is -0.442. The van der Waals surface area contributed by atoms with E-state index in [0.29, 0.717) is 17.0 Å². The van der Waals surface area contributed by atoms with Crippen molar-refractivity contribution in [1.29, 1.82) is 0 Å². The van der Waals surface area contributed by atoms with Crippen LogP contribution in [0, 0.1) is 0 Å². The Bertz CT molecular complexity index is 845. The molecule has 122 valence electrons.